The van der Waals surface area contributed by atoms with Crippen molar-refractivity contribution in [3.8, 4) is 28.3 Å². The highest BCUT2D eigenvalue weighted by atomic mass is 79.9. The maximum atomic E-state index is 14.2. The second kappa shape index (κ2) is 7.72. The molecule has 0 saturated heterocycles. The number of halogens is 8. The van der Waals surface area contributed by atoms with Gasteiger partial charge in [0.1, 0.15) is 23.0 Å². The fourth-order valence-corrected chi connectivity index (χ4v) is 3.76. The number of hydrogen-bond donors (Lipinski definition) is 0. The van der Waals surface area contributed by atoms with Crippen LogP contribution in [0.25, 0.3) is 28.3 Å². The Morgan fingerprint density at radius 1 is 1.03 bits per heavy atom. The van der Waals surface area contributed by atoms with Crippen molar-refractivity contribution in [3.05, 3.63) is 75.2 Å². The van der Waals surface area contributed by atoms with Gasteiger partial charge in [0.25, 0.3) is 0 Å². The fourth-order valence-electron chi connectivity index (χ4n) is 2.95. The van der Waals surface area contributed by atoms with Crippen LogP contribution in [0.5, 0.6) is 0 Å². The van der Waals surface area contributed by atoms with Crippen LogP contribution in [-0.2, 0) is 6.18 Å². The highest BCUT2D eigenvalue weighted by molar-refractivity contribution is 9.10. The molecule has 0 aliphatic heterocycles. The zero-order valence-corrected chi connectivity index (χ0v) is 17.2. The SMILES string of the molecule is Fc1ccc(-n2ncc(-c3onc(-c4c(F)cccc4Cl)c3Br)c2C(F)(F)F)c(F)c1. The Kier molecular flexibility index (Phi) is 5.34. The van der Waals surface area contributed by atoms with Gasteiger partial charge in [-0.15, -0.1) is 0 Å². The van der Waals surface area contributed by atoms with Gasteiger partial charge in [0.15, 0.2) is 17.3 Å². The third-order valence-corrected chi connectivity index (χ3v) is 5.31. The average Bonchev–Trinajstić information content (AvgIpc) is 3.26. The van der Waals surface area contributed by atoms with E-state index in [9.17, 15) is 26.3 Å². The lowest BCUT2D eigenvalue weighted by atomic mass is 10.1. The first kappa shape index (κ1) is 21.4. The van der Waals surface area contributed by atoms with E-state index in [4.69, 9.17) is 16.1 Å². The third-order valence-electron chi connectivity index (χ3n) is 4.26. The monoisotopic (exact) mass is 521 g/mol. The van der Waals surface area contributed by atoms with E-state index in [1.807, 2.05) is 0 Å². The van der Waals surface area contributed by atoms with Gasteiger partial charge in [-0.3, -0.25) is 0 Å². The summed E-state index contributed by atoms with van der Waals surface area (Å²) in [4.78, 5) is 0. The van der Waals surface area contributed by atoms with Gasteiger partial charge in [0.2, 0.25) is 0 Å². The van der Waals surface area contributed by atoms with Gasteiger partial charge < -0.3 is 4.52 Å². The Balaban J connectivity index is 1.93. The van der Waals surface area contributed by atoms with Crippen LogP contribution in [0.2, 0.25) is 5.02 Å². The highest BCUT2D eigenvalue weighted by Crippen LogP contribution is 2.44. The molecule has 31 heavy (non-hydrogen) atoms. The van der Waals surface area contributed by atoms with Crippen LogP contribution in [0.4, 0.5) is 26.3 Å². The lowest BCUT2D eigenvalue weighted by Gasteiger charge is -2.12. The number of aromatic nitrogens is 3. The summed E-state index contributed by atoms with van der Waals surface area (Å²) in [5.74, 6) is -3.43. The number of benzene rings is 2. The van der Waals surface area contributed by atoms with Crippen molar-refractivity contribution < 1.29 is 30.9 Å². The van der Waals surface area contributed by atoms with Crippen molar-refractivity contribution in [2.45, 2.75) is 6.18 Å². The summed E-state index contributed by atoms with van der Waals surface area (Å²) >= 11 is 9.07. The van der Waals surface area contributed by atoms with Gasteiger partial charge in [-0.25, -0.2) is 17.9 Å². The van der Waals surface area contributed by atoms with Crippen molar-refractivity contribution >= 4 is 27.5 Å². The lowest BCUT2D eigenvalue weighted by Crippen LogP contribution is -2.15. The number of alkyl halides is 3. The first-order chi connectivity index (χ1) is 14.6. The maximum Gasteiger partial charge on any atom is 0.434 e. The minimum absolute atomic E-state index is 0.0410. The van der Waals surface area contributed by atoms with Crippen molar-refractivity contribution in [1.82, 2.24) is 14.9 Å². The molecular weight excluding hydrogens is 516 g/mol. The molecule has 4 aromatic rings. The average molecular weight is 523 g/mol. The van der Waals surface area contributed by atoms with Crippen LogP contribution in [0.1, 0.15) is 5.69 Å². The van der Waals surface area contributed by atoms with E-state index in [0.29, 0.717) is 6.07 Å². The predicted octanol–water partition coefficient (Wildman–Crippen LogP) is 7.05. The first-order valence-electron chi connectivity index (χ1n) is 8.30. The molecule has 0 spiro atoms. The Labute approximate surface area is 183 Å². The Hall–Kier alpha value is -2.79. The van der Waals surface area contributed by atoms with Crippen molar-refractivity contribution in [1.29, 1.82) is 0 Å². The van der Waals surface area contributed by atoms with Crippen LogP contribution < -0.4 is 0 Å². The molecule has 4 rings (SSSR count). The topological polar surface area (TPSA) is 43.9 Å². The molecule has 0 aliphatic carbocycles. The van der Waals surface area contributed by atoms with Crippen molar-refractivity contribution in [3.63, 3.8) is 0 Å². The van der Waals surface area contributed by atoms with E-state index in [0.717, 1.165) is 24.4 Å². The number of rotatable bonds is 3. The van der Waals surface area contributed by atoms with E-state index in [1.54, 1.807) is 0 Å². The number of nitrogens with zero attached hydrogens (tertiary/aromatic N) is 3. The summed E-state index contributed by atoms with van der Waals surface area (Å²) in [6.45, 7) is 0. The fraction of sp³-hybridized carbons (Fsp3) is 0.0526. The Morgan fingerprint density at radius 3 is 2.42 bits per heavy atom. The summed E-state index contributed by atoms with van der Waals surface area (Å²) in [5, 5.41) is 7.21. The van der Waals surface area contributed by atoms with Crippen LogP contribution in [-0.4, -0.2) is 14.9 Å². The van der Waals surface area contributed by atoms with Crippen molar-refractivity contribution in [2.75, 3.05) is 0 Å². The van der Waals surface area contributed by atoms with Crippen LogP contribution in [0.3, 0.4) is 0 Å². The van der Waals surface area contributed by atoms with E-state index in [1.165, 1.54) is 12.1 Å². The second-order valence-corrected chi connectivity index (χ2v) is 7.38. The van der Waals surface area contributed by atoms with Gasteiger partial charge >= 0.3 is 6.18 Å². The molecule has 12 heteroatoms. The first-order valence-corrected chi connectivity index (χ1v) is 9.47. The number of hydrogen-bond acceptors (Lipinski definition) is 3. The molecule has 0 bridgehead atoms. The lowest BCUT2D eigenvalue weighted by molar-refractivity contribution is -0.142. The van der Waals surface area contributed by atoms with Gasteiger partial charge in [-0.1, -0.05) is 22.8 Å². The van der Waals surface area contributed by atoms with Gasteiger partial charge in [0.05, 0.1) is 26.8 Å². The molecule has 160 valence electrons. The summed E-state index contributed by atoms with van der Waals surface area (Å²) < 4.78 is 88.5. The molecule has 0 fully saturated rings. The quantitative estimate of drug-likeness (QED) is 0.271. The molecule has 0 unspecified atom stereocenters. The molecule has 0 aliphatic rings. The van der Waals surface area contributed by atoms with Gasteiger partial charge in [-0.2, -0.15) is 18.3 Å². The normalized spacial score (nSPS) is 11.9. The molecule has 0 saturated carbocycles. The molecule has 4 nitrogen and oxygen atoms in total. The molecule has 0 atom stereocenters. The summed E-state index contributed by atoms with van der Waals surface area (Å²) in [5.41, 5.74) is -2.99. The highest BCUT2D eigenvalue weighted by Gasteiger charge is 2.41. The van der Waals surface area contributed by atoms with E-state index < -0.39 is 46.3 Å². The Bertz CT molecular complexity index is 1280. The maximum absolute atomic E-state index is 14.2. The van der Waals surface area contributed by atoms with Crippen LogP contribution >= 0.6 is 27.5 Å². The minimum atomic E-state index is -5.02. The van der Waals surface area contributed by atoms with Crippen molar-refractivity contribution in [2.24, 2.45) is 0 Å². The Morgan fingerprint density at radius 2 is 1.77 bits per heavy atom. The second-order valence-electron chi connectivity index (χ2n) is 6.18. The summed E-state index contributed by atoms with van der Waals surface area (Å²) in [6.07, 6.45) is -4.24. The standard InChI is InChI=1S/C19H7BrClF6N3O/c20-15-16(14-10(21)2-1-3-11(14)23)29-31-17(15)9-7-28-30(18(9)19(25,26)27)13-5-4-8(22)6-12(13)24/h1-7H. The van der Waals surface area contributed by atoms with Crippen LogP contribution in [0, 0.1) is 17.5 Å². The van der Waals surface area contributed by atoms with Gasteiger partial charge in [0, 0.05) is 6.07 Å². The zero-order chi connectivity index (χ0) is 22.5. The predicted molar refractivity (Wildman–Crippen MR) is 102 cm³/mol. The molecule has 2 heterocycles. The summed E-state index contributed by atoms with van der Waals surface area (Å²) in [6, 6.07) is 5.85. The van der Waals surface area contributed by atoms with E-state index in [-0.39, 0.29) is 25.4 Å². The molecular formula is C19H7BrClF6N3O. The smallest absolute Gasteiger partial charge is 0.354 e. The summed E-state index contributed by atoms with van der Waals surface area (Å²) in [7, 11) is 0. The molecule has 0 amide bonds. The minimum Gasteiger partial charge on any atom is -0.354 e. The molecule has 0 radical (unpaired) electrons. The van der Waals surface area contributed by atoms with E-state index in [2.05, 4.69) is 26.2 Å². The molecule has 0 N–H and O–H groups in total. The third kappa shape index (κ3) is 3.72. The van der Waals surface area contributed by atoms with Gasteiger partial charge in [-0.05, 0) is 40.2 Å². The van der Waals surface area contributed by atoms with Crippen LogP contribution in [0.15, 0.2) is 51.6 Å². The zero-order valence-electron chi connectivity index (χ0n) is 14.8. The largest absolute Gasteiger partial charge is 0.434 e. The van der Waals surface area contributed by atoms with E-state index >= 15 is 0 Å². The molecule has 2 aromatic carbocycles. The molecule has 2 aromatic heterocycles.